The molecule has 0 aromatic heterocycles. The number of carboxylic acids is 1. The van der Waals surface area contributed by atoms with Crippen molar-refractivity contribution in [2.75, 3.05) is 19.8 Å². The zero-order chi connectivity index (χ0) is 17.0. The topological polar surface area (TPSA) is 75.6 Å². The summed E-state index contributed by atoms with van der Waals surface area (Å²) in [6.45, 7) is 2.60. The van der Waals surface area contributed by atoms with Crippen LogP contribution in [0, 0.1) is 24.6 Å². The first kappa shape index (κ1) is 17.7. The van der Waals surface area contributed by atoms with Gasteiger partial charge in [0, 0.05) is 19.8 Å². The third kappa shape index (κ3) is 4.42. The molecule has 1 aromatic carbocycles. The molecular formula is C16H19ClFNO4. The van der Waals surface area contributed by atoms with Crippen molar-refractivity contribution in [3.8, 4) is 0 Å². The standard InChI is InChI=1S/C16H19ClFNO4/c1-9-6-11(13(17)7-14(9)18)15(20)19-8-12(16(21)22)10-2-4-23-5-3-10/h6-7,10,12H,2-5,8H2,1H3,(H,19,20)(H,21,22). The van der Waals surface area contributed by atoms with Crippen LogP contribution in [0.15, 0.2) is 12.1 Å². The van der Waals surface area contributed by atoms with Crippen molar-refractivity contribution in [1.29, 1.82) is 0 Å². The van der Waals surface area contributed by atoms with Crippen molar-refractivity contribution < 1.29 is 23.8 Å². The average Bonchev–Trinajstić information content (AvgIpc) is 2.51. The van der Waals surface area contributed by atoms with Crippen molar-refractivity contribution in [2.24, 2.45) is 11.8 Å². The lowest BCUT2D eigenvalue weighted by molar-refractivity contribution is -0.144. The number of carboxylic acid groups (broad SMARTS) is 1. The van der Waals surface area contributed by atoms with Crippen LogP contribution >= 0.6 is 11.6 Å². The Bertz CT molecular complexity index is 602. The highest BCUT2D eigenvalue weighted by Gasteiger charge is 2.30. The third-order valence-electron chi connectivity index (χ3n) is 4.13. The van der Waals surface area contributed by atoms with Crippen LogP contribution in [0.5, 0.6) is 0 Å². The van der Waals surface area contributed by atoms with E-state index in [1.54, 1.807) is 0 Å². The first-order valence-corrected chi connectivity index (χ1v) is 7.82. The van der Waals surface area contributed by atoms with Crippen LogP contribution in [0.3, 0.4) is 0 Å². The molecule has 1 aliphatic rings. The zero-order valence-electron chi connectivity index (χ0n) is 12.8. The molecule has 1 aliphatic heterocycles. The molecule has 0 saturated carbocycles. The predicted octanol–water partition coefficient (Wildman–Crippen LogP) is 2.64. The van der Waals surface area contributed by atoms with Crippen molar-refractivity contribution in [3.05, 3.63) is 34.1 Å². The number of aryl methyl sites for hydroxylation is 1. The van der Waals surface area contributed by atoms with Gasteiger partial charge in [-0.2, -0.15) is 0 Å². The van der Waals surface area contributed by atoms with Gasteiger partial charge in [0.25, 0.3) is 5.91 Å². The summed E-state index contributed by atoms with van der Waals surface area (Å²) >= 11 is 5.89. The average molecular weight is 344 g/mol. The van der Waals surface area contributed by atoms with Gasteiger partial charge in [0.2, 0.25) is 0 Å². The summed E-state index contributed by atoms with van der Waals surface area (Å²) in [6, 6.07) is 2.44. The van der Waals surface area contributed by atoms with E-state index < -0.39 is 23.6 Å². The second kappa shape index (κ2) is 7.75. The highest BCUT2D eigenvalue weighted by atomic mass is 35.5. The Hall–Kier alpha value is -1.66. The van der Waals surface area contributed by atoms with Crippen LogP contribution in [0.4, 0.5) is 4.39 Å². The van der Waals surface area contributed by atoms with Crippen molar-refractivity contribution in [2.45, 2.75) is 19.8 Å². The number of hydrogen-bond donors (Lipinski definition) is 2. The van der Waals surface area contributed by atoms with E-state index in [4.69, 9.17) is 16.3 Å². The van der Waals surface area contributed by atoms with Crippen LogP contribution in [0.1, 0.15) is 28.8 Å². The molecule has 1 unspecified atom stereocenters. The second-order valence-electron chi connectivity index (χ2n) is 5.69. The molecule has 1 atom stereocenters. The number of rotatable bonds is 5. The molecule has 1 heterocycles. The number of aliphatic carboxylic acids is 1. The molecule has 1 aromatic rings. The van der Waals surface area contributed by atoms with Gasteiger partial charge in [-0.05, 0) is 43.4 Å². The van der Waals surface area contributed by atoms with Gasteiger partial charge in [-0.25, -0.2) is 4.39 Å². The first-order chi connectivity index (χ1) is 10.9. The van der Waals surface area contributed by atoms with Crippen LogP contribution in [0.2, 0.25) is 5.02 Å². The van der Waals surface area contributed by atoms with Gasteiger partial charge >= 0.3 is 5.97 Å². The number of ether oxygens (including phenoxy) is 1. The van der Waals surface area contributed by atoms with E-state index in [1.807, 2.05) is 0 Å². The summed E-state index contributed by atoms with van der Waals surface area (Å²) in [5.74, 6) is -2.65. The van der Waals surface area contributed by atoms with Crippen LogP contribution in [0.25, 0.3) is 0 Å². The maximum absolute atomic E-state index is 13.4. The number of nitrogens with one attached hydrogen (secondary N) is 1. The number of carbonyl (C=O) groups excluding carboxylic acids is 1. The summed E-state index contributed by atoms with van der Waals surface area (Å²) < 4.78 is 18.6. The molecule has 0 aliphatic carbocycles. The van der Waals surface area contributed by atoms with Gasteiger partial charge in [0.05, 0.1) is 16.5 Å². The monoisotopic (exact) mass is 343 g/mol. The highest BCUT2D eigenvalue weighted by molar-refractivity contribution is 6.33. The quantitative estimate of drug-likeness (QED) is 0.861. The van der Waals surface area contributed by atoms with Crippen molar-refractivity contribution in [1.82, 2.24) is 5.32 Å². The third-order valence-corrected chi connectivity index (χ3v) is 4.44. The number of carbonyl (C=O) groups is 2. The van der Waals surface area contributed by atoms with Gasteiger partial charge in [-0.3, -0.25) is 9.59 Å². The molecule has 23 heavy (non-hydrogen) atoms. The molecule has 1 amide bonds. The second-order valence-corrected chi connectivity index (χ2v) is 6.09. The minimum absolute atomic E-state index is 0.00328. The lowest BCUT2D eigenvalue weighted by atomic mass is 9.86. The summed E-state index contributed by atoms with van der Waals surface area (Å²) in [6.07, 6.45) is 1.31. The smallest absolute Gasteiger partial charge is 0.308 e. The molecule has 1 saturated heterocycles. The van der Waals surface area contributed by atoms with Crippen molar-refractivity contribution in [3.63, 3.8) is 0 Å². The maximum atomic E-state index is 13.4. The van der Waals surface area contributed by atoms with Gasteiger partial charge in [-0.1, -0.05) is 11.6 Å². The molecule has 0 bridgehead atoms. The van der Waals surface area contributed by atoms with E-state index in [2.05, 4.69) is 5.32 Å². The molecular weight excluding hydrogens is 325 g/mol. The maximum Gasteiger partial charge on any atom is 0.308 e. The fraction of sp³-hybridized carbons (Fsp3) is 0.500. The van der Waals surface area contributed by atoms with Gasteiger partial charge in [0.15, 0.2) is 0 Å². The fourth-order valence-electron chi connectivity index (χ4n) is 2.70. The van der Waals surface area contributed by atoms with Gasteiger partial charge in [-0.15, -0.1) is 0 Å². The number of halogens is 2. The number of benzene rings is 1. The van der Waals surface area contributed by atoms with E-state index >= 15 is 0 Å². The summed E-state index contributed by atoms with van der Waals surface area (Å²) in [7, 11) is 0. The van der Waals surface area contributed by atoms with E-state index in [0.29, 0.717) is 31.6 Å². The largest absolute Gasteiger partial charge is 0.481 e. The Balaban J connectivity index is 2.04. The van der Waals surface area contributed by atoms with E-state index in [9.17, 15) is 19.1 Å². The lowest BCUT2D eigenvalue weighted by Gasteiger charge is -2.27. The molecule has 0 spiro atoms. The summed E-state index contributed by atoms with van der Waals surface area (Å²) in [5, 5.41) is 12.0. The van der Waals surface area contributed by atoms with Gasteiger partial charge in [0.1, 0.15) is 5.82 Å². The van der Waals surface area contributed by atoms with Crippen LogP contribution in [-0.4, -0.2) is 36.7 Å². The molecule has 0 radical (unpaired) electrons. The lowest BCUT2D eigenvalue weighted by Crippen LogP contribution is -2.39. The minimum Gasteiger partial charge on any atom is -0.481 e. The van der Waals surface area contributed by atoms with Crippen LogP contribution in [-0.2, 0) is 9.53 Å². The Morgan fingerprint density at radius 3 is 2.70 bits per heavy atom. The molecule has 5 nitrogen and oxygen atoms in total. The van der Waals surface area contributed by atoms with E-state index in [1.165, 1.54) is 13.0 Å². The normalized spacial score (nSPS) is 16.8. The first-order valence-electron chi connectivity index (χ1n) is 7.44. The number of hydrogen-bond acceptors (Lipinski definition) is 3. The Morgan fingerprint density at radius 1 is 1.43 bits per heavy atom. The Labute approximate surface area is 138 Å². The van der Waals surface area contributed by atoms with E-state index in [0.717, 1.165) is 6.07 Å². The Morgan fingerprint density at radius 2 is 2.09 bits per heavy atom. The minimum atomic E-state index is -0.946. The number of amides is 1. The summed E-state index contributed by atoms with van der Waals surface area (Å²) in [4.78, 5) is 23.6. The van der Waals surface area contributed by atoms with Crippen molar-refractivity contribution >= 4 is 23.5 Å². The Kier molecular flexibility index (Phi) is 5.96. The van der Waals surface area contributed by atoms with Crippen LogP contribution < -0.4 is 5.32 Å². The summed E-state index contributed by atoms with van der Waals surface area (Å²) in [5.41, 5.74) is 0.445. The highest BCUT2D eigenvalue weighted by Crippen LogP contribution is 2.24. The fourth-order valence-corrected chi connectivity index (χ4v) is 2.94. The molecule has 2 rings (SSSR count). The SMILES string of the molecule is Cc1cc(C(=O)NCC(C(=O)O)C2CCOCC2)c(Cl)cc1F. The molecule has 126 valence electrons. The molecule has 7 heteroatoms. The molecule has 1 fully saturated rings. The zero-order valence-corrected chi connectivity index (χ0v) is 13.5. The van der Waals surface area contributed by atoms with E-state index in [-0.39, 0.29) is 23.0 Å². The predicted molar refractivity (Wildman–Crippen MR) is 83.1 cm³/mol. The van der Waals surface area contributed by atoms with Gasteiger partial charge < -0.3 is 15.2 Å². The molecule has 2 N–H and O–H groups in total.